The SMILES string of the molecule is CCc1ccc(C(N)c2ccc(Cl)cc2)s1. The molecular formula is C13H14ClNS. The molecule has 0 bridgehead atoms. The van der Waals surface area contributed by atoms with Gasteiger partial charge in [0.25, 0.3) is 0 Å². The molecule has 3 heteroatoms. The summed E-state index contributed by atoms with van der Waals surface area (Å²) in [5.41, 5.74) is 7.31. The molecule has 0 saturated heterocycles. The molecule has 1 nitrogen and oxygen atoms in total. The van der Waals surface area contributed by atoms with Crippen molar-refractivity contribution >= 4 is 22.9 Å². The summed E-state index contributed by atoms with van der Waals surface area (Å²) in [4.78, 5) is 2.58. The molecule has 1 aromatic carbocycles. The van der Waals surface area contributed by atoms with Gasteiger partial charge in [0.2, 0.25) is 0 Å². The molecule has 2 rings (SSSR count). The summed E-state index contributed by atoms with van der Waals surface area (Å²) in [5, 5.41) is 0.747. The maximum Gasteiger partial charge on any atom is 0.0646 e. The van der Waals surface area contributed by atoms with E-state index < -0.39 is 0 Å². The second-order valence-corrected chi connectivity index (χ2v) is 5.32. The van der Waals surface area contributed by atoms with Crippen LogP contribution in [0, 0.1) is 0 Å². The molecule has 84 valence electrons. The number of aryl methyl sites for hydroxylation is 1. The first-order chi connectivity index (χ1) is 7.70. The van der Waals surface area contributed by atoms with E-state index in [0.717, 1.165) is 17.0 Å². The van der Waals surface area contributed by atoms with Crippen molar-refractivity contribution in [2.75, 3.05) is 0 Å². The van der Waals surface area contributed by atoms with Crippen LogP contribution >= 0.6 is 22.9 Å². The number of hydrogen-bond donors (Lipinski definition) is 1. The Labute approximate surface area is 105 Å². The highest BCUT2D eigenvalue weighted by Gasteiger charge is 2.10. The molecule has 1 unspecified atom stereocenters. The van der Waals surface area contributed by atoms with Crippen molar-refractivity contribution in [2.45, 2.75) is 19.4 Å². The zero-order valence-electron chi connectivity index (χ0n) is 9.11. The standard InChI is InChI=1S/C13H14ClNS/c1-2-11-7-8-12(16-11)13(15)9-3-5-10(14)6-4-9/h3-8,13H,2,15H2,1H3. The van der Waals surface area contributed by atoms with Gasteiger partial charge >= 0.3 is 0 Å². The van der Waals surface area contributed by atoms with Crippen molar-refractivity contribution in [1.29, 1.82) is 0 Å². The lowest BCUT2D eigenvalue weighted by Crippen LogP contribution is -2.09. The van der Waals surface area contributed by atoms with E-state index in [2.05, 4.69) is 19.1 Å². The first-order valence-electron chi connectivity index (χ1n) is 5.30. The second-order valence-electron chi connectivity index (χ2n) is 3.69. The minimum atomic E-state index is -0.0393. The van der Waals surface area contributed by atoms with Crippen LogP contribution in [0.1, 0.15) is 28.3 Å². The average Bonchev–Trinajstić information content (AvgIpc) is 2.77. The van der Waals surface area contributed by atoms with E-state index in [-0.39, 0.29) is 6.04 Å². The fourth-order valence-corrected chi connectivity index (χ4v) is 2.69. The summed E-state index contributed by atoms with van der Waals surface area (Å²) in [6, 6.07) is 12.0. The van der Waals surface area contributed by atoms with Crippen molar-refractivity contribution < 1.29 is 0 Å². The van der Waals surface area contributed by atoms with Gasteiger partial charge in [-0.05, 0) is 36.2 Å². The van der Waals surface area contributed by atoms with Crippen molar-refractivity contribution in [3.05, 3.63) is 56.7 Å². The van der Waals surface area contributed by atoms with E-state index in [1.807, 2.05) is 24.3 Å². The van der Waals surface area contributed by atoms with Gasteiger partial charge in [-0.1, -0.05) is 30.7 Å². The Balaban J connectivity index is 2.24. The summed E-state index contributed by atoms with van der Waals surface area (Å²) in [6.07, 6.45) is 1.07. The van der Waals surface area contributed by atoms with Crippen molar-refractivity contribution in [3.8, 4) is 0 Å². The molecular weight excluding hydrogens is 238 g/mol. The van der Waals surface area contributed by atoms with Gasteiger partial charge in [-0.3, -0.25) is 0 Å². The zero-order chi connectivity index (χ0) is 11.5. The number of nitrogens with two attached hydrogens (primary N) is 1. The summed E-state index contributed by atoms with van der Waals surface area (Å²) in [7, 11) is 0. The van der Waals surface area contributed by atoms with E-state index in [1.165, 1.54) is 9.75 Å². The predicted octanol–water partition coefficient (Wildman–Crippen LogP) is 4.01. The van der Waals surface area contributed by atoms with E-state index in [9.17, 15) is 0 Å². The van der Waals surface area contributed by atoms with Gasteiger partial charge in [0.1, 0.15) is 0 Å². The molecule has 0 aliphatic rings. The van der Waals surface area contributed by atoms with Gasteiger partial charge in [0.05, 0.1) is 6.04 Å². The van der Waals surface area contributed by atoms with Gasteiger partial charge in [-0.2, -0.15) is 0 Å². The van der Waals surface area contributed by atoms with Crippen molar-refractivity contribution in [1.82, 2.24) is 0 Å². The Morgan fingerprint density at radius 1 is 1.19 bits per heavy atom. The Kier molecular flexibility index (Phi) is 3.64. The summed E-state index contributed by atoms with van der Waals surface area (Å²) in [6.45, 7) is 2.16. The van der Waals surface area contributed by atoms with E-state index >= 15 is 0 Å². The number of thiophene rings is 1. The molecule has 0 saturated carbocycles. The molecule has 0 aliphatic heterocycles. The third-order valence-electron chi connectivity index (χ3n) is 2.57. The van der Waals surface area contributed by atoms with E-state index in [0.29, 0.717) is 0 Å². The second kappa shape index (κ2) is 5.00. The van der Waals surface area contributed by atoms with E-state index in [4.69, 9.17) is 17.3 Å². The van der Waals surface area contributed by atoms with Crippen LogP contribution in [-0.2, 0) is 6.42 Å². The molecule has 1 aromatic heterocycles. The molecule has 2 aromatic rings. The highest BCUT2D eigenvalue weighted by Crippen LogP contribution is 2.27. The molecule has 0 spiro atoms. The van der Waals surface area contributed by atoms with Crippen LogP contribution in [0.5, 0.6) is 0 Å². The van der Waals surface area contributed by atoms with Crippen LogP contribution in [0.3, 0.4) is 0 Å². The van der Waals surface area contributed by atoms with Gasteiger partial charge in [-0.15, -0.1) is 11.3 Å². The maximum atomic E-state index is 6.20. The molecule has 0 aliphatic carbocycles. The fourth-order valence-electron chi connectivity index (χ4n) is 1.59. The predicted molar refractivity (Wildman–Crippen MR) is 71.2 cm³/mol. The van der Waals surface area contributed by atoms with Crippen LogP contribution in [0.2, 0.25) is 5.02 Å². The monoisotopic (exact) mass is 251 g/mol. The smallest absolute Gasteiger partial charge is 0.0646 e. The number of benzene rings is 1. The third-order valence-corrected chi connectivity index (χ3v) is 4.13. The Bertz CT molecular complexity index is 461. The molecule has 0 fully saturated rings. The Hall–Kier alpha value is -0.830. The minimum absolute atomic E-state index is 0.0393. The lowest BCUT2D eigenvalue weighted by atomic mass is 10.1. The first-order valence-corrected chi connectivity index (χ1v) is 6.50. The molecule has 0 radical (unpaired) electrons. The van der Waals surface area contributed by atoms with Gasteiger partial charge < -0.3 is 5.73 Å². The molecule has 0 amide bonds. The number of hydrogen-bond acceptors (Lipinski definition) is 2. The highest BCUT2D eigenvalue weighted by molar-refractivity contribution is 7.12. The topological polar surface area (TPSA) is 26.0 Å². The number of rotatable bonds is 3. The number of halogens is 1. The minimum Gasteiger partial charge on any atom is -0.320 e. The van der Waals surface area contributed by atoms with Gasteiger partial charge in [0.15, 0.2) is 0 Å². The lowest BCUT2D eigenvalue weighted by Gasteiger charge is -2.09. The normalized spacial score (nSPS) is 12.7. The summed E-state index contributed by atoms with van der Waals surface area (Å²) >= 11 is 7.63. The van der Waals surface area contributed by atoms with Crippen LogP contribution in [-0.4, -0.2) is 0 Å². The van der Waals surface area contributed by atoms with Gasteiger partial charge in [-0.25, -0.2) is 0 Å². The molecule has 1 atom stereocenters. The first kappa shape index (κ1) is 11.6. The highest BCUT2D eigenvalue weighted by atomic mass is 35.5. The lowest BCUT2D eigenvalue weighted by molar-refractivity contribution is 0.894. The average molecular weight is 252 g/mol. The maximum absolute atomic E-state index is 6.20. The molecule has 16 heavy (non-hydrogen) atoms. The molecule has 1 heterocycles. The third kappa shape index (κ3) is 2.46. The molecule has 2 N–H and O–H groups in total. The summed E-state index contributed by atoms with van der Waals surface area (Å²) in [5.74, 6) is 0. The van der Waals surface area contributed by atoms with E-state index in [1.54, 1.807) is 11.3 Å². The van der Waals surface area contributed by atoms with Crippen LogP contribution < -0.4 is 5.73 Å². The Morgan fingerprint density at radius 3 is 2.44 bits per heavy atom. The zero-order valence-corrected chi connectivity index (χ0v) is 10.7. The van der Waals surface area contributed by atoms with Crippen molar-refractivity contribution in [3.63, 3.8) is 0 Å². The largest absolute Gasteiger partial charge is 0.320 e. The van der Waals surface area contributed by atoms with Crippen LogP contribution in [0.4, 0.5) is 0 Å². The fraction of sp³-hybridized carbons (Fsp3) is 0.231. The van der Waals surface area contributed by atoms with Crippen LogP contribution in [0.15, 0.2) is 36.4 Å². The van der Waals surface area contributed by atoms with Crippen molar-refractivity contribution in [2.24, 2.45) is 5.73 Å². The summed E-state index contributed by atoms with van der Waals surface area (Å²) < 4.78 is 0. The van der Waals surface area contributed by atoms with Crippen LogP contribution in [0.25, 0.3) is 0 Å². The quantitative estimate of drug-likeness (QED) is 0.876. The Morgan fingerprint density at radius 2 is 1.88 bits per heavy atom. The van der Waals surface area contributed by atoms with Gasteiger partial charge in [0, 0.05) is 14.8 Å².